The van der Waals surface area contributed by atoms with E-state index in [4.69, 9.17) is 0 Å². The van der Waals surface area contributed by atoms with Crippen LogP contribution in [0.25, 0.3) is 6.08 Å². The second-order valence-corrected chi connectivity index (χ2v) is 5.41. The Morgan fingerprint density at radius 1 is 1.12 bits per heavy atom. The molecule has 0 atom stereocenters. The summed E-state index contributed by atoms with van der Waals surface area (Å²) in [7, 11) is 0. The summed E-state index contributed by atoms with van der Waals surface area (Å²) in [4.78, 5) is 11.8. The number of anilines is 1. The first-order valence-corrected chi connectivity index (χ1v) is 7.61. The zero-order valence-corrected chi connectivity index (χ0v) is 13.2. The predicted molar refractivity (Wildman–Crippen MR) is 91.8 cm³/mol. The van der Waals surface area contributed by atoms with Crippen molar-refractivity contribution in [2.24, 2.45) is 0 Å². The smallest absolute Gasteiger partial charge is 0.248 e. The van der Waals surface area contributed by atoms with Crippen molar-refractivity contribution in [3.05, 3.63) is 89.8 Å². The molecule has 25 heavy (non-hydrogen) atoms. The highest BCUT2D eigenvalue weighted by Gasteiger charge is 2.04. The van der Waals surface area contributed by atoms with Crippen LogP contribution >= 0.6 is 0 Å². The minimum Gasteiger partial charge on any atom is -0.322 e. The van der Waals surface area contributed by atoms with Gasteiger partial charge in [-0.2, -0.15) is 5.10 Å². The van der Waals surface area contributed by atoms with Gasteiger partial charge in [0.15, 0.2) is 11.6 Å². The molecule has 0 fully saturated rings. The van der Waals surface area contributed by atoms with Crippen molar-refractivity contribution in [2.45, 2.75) is 6.54 Å². The minimum atomic E-state index is -1.01. The molecule has 0 radical (unpaired) electrons. The first-order chi connectivity index (χ1) is 12.1. The number of nitrogens with one attached hydrogen (secondary N) is 1. The highest BCUT2D eigenvalue weighted by molar-refractivity contribution is 6.01. The van der Waals surface area contributed by atoms with Crippen LogP contribution in [0.3, 0.4) is 0 Å². The van der Waals surface area contributed by atoms with Gasteiger partial charge in [0.05, 0.1) is 12.7 Å². The summed E-state index contributed by atoms with van der Waals surface area (Å²) in [6.45, 7) is 0.635. The number of carbonyl (C=O) groups excluding carboxylic acids is 1. The second kappa shape index (κ2) is 7.53. The maximum Gasteiger partial charge on any atom is 0.248 e. The molecule has 0 saturated carbocycles. The highest BCUT2D eigenvalue weighted by atomic mass is 19.2. The third kappa shape index (κ3) is 4.60. The van der Waals surface area contributed by atoms with Gasteiger partial charge in [0.2, 0.25) is 5.91 Å². The molecule has 4 nitrogen and oxygen atoms in total. The van der Waals surface area contributed by atoms with Crippen LogP contribution in [0.1, 0.15) is 11.1 Å². The van der Waals surface area contributed by atoms with Gasteiger partial charge in [-0.05, 0) is 23.8 Å². The van der Waals surface area contributed by atoms with E-state index in [0.717, 1.165) is 23.3 Å². The fourth-order valence-electron chi connectivity index (χ4n) is 2.25. The van der Waals surface area contributed by atoms with Crippen LogP contribution in [0, 0.1) is 11.6 Å². The van der Waals surface area contributed by atoms with E-state index < -0.39 is 17.5 Å². The third-order valence-corrected chi connectivity index (χ3v) is 3.45. The number of nitrogens with zero attached hydrogens (tertiary/aromatic N) is 2. The standard InChI is InChI=1S/C19H15F2N3O/c20-17-8-7-16(10-18(17)21)23-19(25)9-6-15-11-22-24(13-15)12-14-4-2-1-3-5-14/h1-11,13H,12H2,(H,23,25)/b9-6+. The molecule has 0 aliphatic heterocycles. The van der Waals surface area contributed by atoms with Crippen LogP contribution in [0.2, 0.25) is 0 Å². The first-order valence-electron chi connectivity index (χ1n) is 7.61. The topological polar surface area (TPSA) is 46.9 Å². The van der Waals surface area contributed by atoms with Gasteiger partial charge >= 0.3 is 0 Å². The number of amides is 1. The monoisotopic (exact) mass is 339 g/mol. The van der Waals surface area contributed by atoms with Crippen LogP contribution < -0.4 is 5.32 Å². The normalized spacial score (nSPS) is 11.0. The van der Waals surface area contributed by atoms with Gasteiger partial charge in [-0.3, -0.25) is 9.48 Å². The van der Waals surface area contributed by atoms with Crippen LogP contribution in [0.4, 0.5) is 14.5 Å². The summed E-state index contributed by atoms with van der Waals surface area (Å²) in [6, 6.07) is 13.1. The van der Waals surface area contributed by atoms with Crippen LogP contribution in [0.15, 0.2) is 67.0 Å². The summed E-state index contributed by atoms with van der Waals surface area (Å²) in [5.41, 5.74) is 2.07. The predicted octanol–water partition coefficient (Wildman–Crippen LogP) is 3.86. The van der Waals surface area contributed by atoms with Gasteiger partial charge in [-0.25, -0.2) is 8.78 Å². The van der Waals surface area contributed by atoms with E-state index in [1.165, 1.54) is 12.1 Å². The van der Waals surface area contributed by atoms with E-state index in [-0.39, 0.29) is 5.69 Å². The summed E-state index contributed by atoms with van der Waals surface area (Å²) in [6.07, 6.45) is 6.37. The van der Waals surface area contributed by atoms with E-state index in [0.29, 0.717) is 6.54 Å². The molecule has 0 spiro atoms. The number of benzene rings is 2. The van der Waals surface area contributed by atoms with Crippen molar-refractivity contribution < 1.29 is 13.6 Å². The van der Waals surface area contributed by atoms with E-state index in [9.17, 15) is 13.6 Å². The van der Waals surface area contributed by atoms with Crippen molar-refractivity contribution in [1.82, 2.24) is 9.78 Å². The van der Waals surface area contributed by atoms with Gasteiger partial charge < -0.3 is 5.32 Å². The molecule has 6 heteroatoms. The fourth-order valence-corrected chi connectivity index (χ4v) is 2.25. The number of halogens is 2. The molecule has 0 unspecified atom stereocenters. The SMILES string of the molecule is O=C(/C=C/c1cnn(Cc2ccccc2)c1)Nc1ccc(F)c(F)c1. The van der Waals surface area contributed by atoms with Gasteiger partial charge in [-0.1, -0.05) is 30.3 Å². The zero-order valence-electron chi connectivity index (χ0n) is 13.2. The van der Waals surface area contributed by atoms with Crippen LogP contribution in [-0.4, -0.2) is 15.7 Å². The number of hydrogen-bond acceptors (Lipinski definition) is 2. The molecule has 1 N–H and O–H groups in total. The van der Waals surface area contributed by atoms with E-state index in [1.54, 1.807) is 17.0 Å². The quantitative estimate of drug-likeness (QED) is 0.718. The molecular formula is C19H15F2N3O. The number of carbonyl (C=O) groups is 1. The van der Waals surface area contributed by atoms with Crippen molar-refractivity contribution in [2.75, 3.05) is 5.32 Å². The van der Waals surface area contributed by atoms with Crippen molar-refractivity contribution >= 4 is 17.7 Å². The lowest BCUT2D eigenvalue weighted by Gasteiger charge is -2.02. The average Bonchev–Trinajstić information content (AvgIpc) is 3.05. The lowest BCUT2D eigenvalue weighted by atomic mass is 10.2. The molecular weight excluding hydrogens is 324 g/mol. The Bertz CT molecular complexity index is 904. The maximum absolute atomic E-state index is 13.1. The van der Waals surface area contributed by atoms with E-state index >= 15 is 0 Å². The summed E-state index contributed by atoms with van der Waals surface area (Å²) in [5.74, 6) is -2.41. The largest absolute Gasteiger partial charge is 0.322 e. The Hall–Kier alpha value is -3.28. The second-order valence-electron chi connectivity index (χ2n) is 5.41. The van der Waals surface area contributed by atoms with Crippen LogP contribution in [0.5, 0.6) is 0 Å². The Morgan fingerprint density at radius 3 is 2.68 bits per heavy atom. The minimum absolute atomic E-state index is 0.188. The first kappa shape index (κ1) is 16.6. The molecule has 3 aromatic rings. The number of hydrogen-bond donors (Lipinski definition) is 1. The summed E-state index contributed by atoms with van der Waals surface area (Å²) >= 11 is 0. The third-order valence-electron chi connectivity index (χ3n) is 3.45. The lowest BCUT2D eigenvalue weighted by Crippen LogP contribution is -2.08. The van der Waals surface area contributed by atoms with Gasteiger partial charge in [0.1, 0.15) is 0 Å². The molecule has 2 aromatic carbocycles. The molecule has 0 aliphatic rings. The maximum atomic E-state index is 13.1. The highest BCUT2D eigenvalue weighted by Crippen LogP contribution is 2.13. The number of aromatic nitrogens is 2. The molecule has 1 amide bonds. The summed E-state index contributed by atoms with van der Waals surface area (Å²) < 4.78 is 27.7. The fraction of sp³-hybridized carbons (Fsp3) is 0.0526. The lowest BCUT2D eigenvalue weighted by molar-refractivity contribution is -0.111. The van der Waals surface area contributed by atoms with Crippen molar-refractivity contribution in [3.8, 4) is 0 Å². The molecule has 0 saturated heterocycles. The summed E-state index contributed by atoms with van der Waals surface area (Å²) in [5, 5.41) is 6.70. The van der Waals surface area contributed by atoms with E-state index in [1.807, 2.05) is 36.5 Å². The zero-order chi connectivity index (χ0) is 17.6. The molecule has 0 bridgehead atoms. The molecule has 126 valence electrons. The molecule has 1 aromatic heterocycles. The van der Waals surface area contributed by atoms with Gasteiger partial charge in [0, 0.05) is 29.6 Å². The van der Waals surface area contributed by atoms with Crippen molar-refractivity contribution in [3.63, 3.8) is 0 Å². The van der Waals surface area contributed by atoms with E-state index in [2.05, 4.69) is 10.4 Å². The number of rotatable bonds is 5. The average molecular weight is 339 g/mol. The Balaban J connectivity index is 1.60. The molecule has 0 aliphatic carbocycles. The van der Waals surface area contributed by atoms with Crippen LogP contribution in [-0.2, 0) is 11.3 Å². The Labute approximate surface area is 143 Å². The van der Waals surface area contributed by atoms with Gasteiger partial charge in [-0.15, -0.1) is 0 Å². The van der Waals surface area contributed by atoms with Gasteiger partial charge in [0.25, 0.3) is 0 Å². The molecule has 1 heterocycles. The Kier molecular flexibility index (Phi) is 4.99. The van der Waals surface area contributed by atoms with Crippen molar-refractivity contribution in [1.29, 1.82) is 0 Å². The molecule has 3 rings (SSSR count). The Morgan fingerprint density at radius 2 is 1.92 bits per heavy atom.